The lowest BCUT2D eigenvalue weighted by atomic mass is 10.00. The second kappa shape index (κ2) is 18.6. The van der Waals surface area contributed by atoms with Crippen molar-refractivity contribution in [3.05, 3.63) is 0 Å². The zero-order chi connectivity index (χ0) is 26.0. The molecule has 4 unspecified atom stereocenters. The van der Waals surface area contributed by atoms with Gasteiger partial charge >= 0.3 is 6.03 Å². The summed E-state index contributed by atoms with van der Waals surface area (Å²) >= 11 is 1.90. The number of carbonyl (C=O) groups excluding carboxylic acids is 3. The molecule has 0 radical (unpaired) electrons. The highest BCUT2D eigenvalue weighted by atomic mass is 32.2. The van der Waals surface area contributed by atoms with Crippen LogP contribution in [0.1, 0.15) is 58.8 Å². The van der Waals surface area contributed by atoms with Crippen molar-refractivity contribution in [2.24, 2.45) is 5.92 Å². The van der Waals surface area contributed by atoms with E-state index in [1.165, 1.54) is 0 Å². The molecule has 0 aromatic heterocycles. The van der Waals surface area contributed by atoms with Gasteiger partial charge in [0.1, 0.15) is 0 Å². The van der Waals surface area contributed by atoms with Crippen LogP contribution < -0.4 is 21.3 Å². The average Bonchev–Trinajstić information content (AvgIpc) is 3.42. The molecule has 0 aliphatic carbocycles. The number of thioether (sulfide) groups is 1. The highest BCUT2D eigenvalue weighted by molar-refractivity contribution is 8.00. The van der Waals surface area contributed by atoms with Crippen molar-refractivity contribution < 1.29 is 28.6 Å². The Bertz CT molecular complexity index is 656. The molecule has 2 saturated heterocycles. The number of nitrogens with one attached hydrogen (secondary N) is 4. The van der Waals surface area contributed by atoms with Crippen LogP contribution in [0, 0.1) is 5.92 Å². The number of hydrogen-bond donors (Lipinski definition) is 4. The lowest BCUT2D eigenvalue weighted by molar-refractivity contribution is -0.125. The number of amides is 4. The third kappa shape index (κ3) is 12.1. The summed E-state index contributed by atoms with van der Waals surface area (Å²) in [4.78, 5) is 35.4. The quantitative estimate of drug-likeness (QED) is 0.132. The molecule has 11 heteroatoms. The predicted octanol–water partition coefficient (Wildman–Crippen LogP) is 1.82. The SMILES string of the molecule is CCCC(CC)C(=O)NCCOCCOCCOCCNC(=O)CCCCC1SCC2NC(=O)NC21. The van der Waals surface area contributed by atoms with Gasteiger partial charge in [0.05, 0.1) is 51.7 Å². The summed E-state index contributed by atoms with van der Waals surface area (Å²) < 4.78 is 16.4. The van der Waals surface area contributed by atoms with Gasteiger partial charge in [-0.2, -0.15) is 11.8 Å². The van der Waals surface area contributed by atoms with Crippen molar-refractivity contribution in [3.8, 4) is 0 Å². The Morgan fingerprint density at radius 1 is 0.972 bits per heavy atom. The molecule has 0 aromatic rings. The van der Waals surface area contributed by atoms with E-state index in [9.17, 15) is 14.4 Å². The summed E-state index contributed by atoms with van der Waals surface area (Å²) in [6.07, 6.45) is 6.17. The van der Waals surface area contributed by atoms with Crippen LogP contribution in [0.2, 0.25) is 0 Å². The lowest BCUT2D eigenvalue weighted by Crippen LogP contribution is -2.36. The van der Waals surface area contributed by atoms with Crippen LogP contribution in [-0.4, -0.2) is 93.7 Å². The summed E-state index contributed by atoms with van der Waals surface area (Å²) in [5.74, 6) is 1.23. The number of hydrogen-bond acceptors (Lipinski definition) is 7. The van der Waals surface area contributed by atoms with Gasteiger partial charge in [-0.1, -0.05) is 26.7 Å². The highest BCUT2D eigenvalue weighted by Crippen LogP contribution is 2.33. The van der Waals surface area contributed by atoms with Gasteiger partial charge in [0, 0.05) is 36.4 Å². The van der Waals surface area contributed by atoms with E-state index in [4.69, 9.17) is 14.2 Å². The first-order chi connectivity index (χ1) is 17.5. The molecular formula is C25H46N4O6S. The Morgan fingerprint density at radius 3 is 2.31 bits per heavy atom. The summed E-state index contributed by atoms with van der Waals surface area (Å²) in [6, 6.07) is 0.427. The van der Waals surface area contributed by atoms with Crippen molar-refractivity contribution in [2.45, 2.75) is 76.1 Å². The molecule has 2 heterocycles. The van der Waals surface area contributed by atoms with Crippen molar-refractivity contribution >= 4 is 29.6 Å². The van der Waals surface area contributed by atoms with Crippen molar-refractivity contribution in [2.75, 3.05) is 58.5 Å². The third-order valence-electron chi connectivity index (χ3n) is 6.44. The second-order valence-corrected chi connectivity index (χ2v) is 10.5. The van der Waals surface area contributed by atoms with E-state index >= 15 is 0 Å². The van der Waals surface area contributed by atoms with Crippen LogP contribution in [0.15, 0.2) is 0 Å². The maximum Gasteiger partial charge on any atom is 0.315 e. The molecule has 4 N–H and O–H groups in total. The summed E-state index contributed by atoms with van der Waals surface area (Å²) in [5, 5.41) is 12.2. The fourth-order valence-corrected chi connectivity index (χ4v) is 5.97. The van der Waals surface area contributed by atoms with Crippen molar-refractivity contribution in [1.29, 1.82) is 0 Å². The fourth-order valence-electron chi connectivity index (χ4n) is 4.43. The van der Waals surface area contributed by atoms with Crippen LogP contribution in [-0.2, 0) is 23.8 Å². The molecule has 0 saturated carbocycles. The van der Waals surface area contributed by atoms with Gasteiger partial charge in [0.15, 0.2) is 0 Å². The van der Waals surface area contributed by atoms with Gasteiger partial charge < -0.3 is 35.5 Å². The lowest BCUT2D eigenvalue weighted by Gasteiger charge is -2.16. The molecular weight excluding hydrogens is 484 g/mol. The van der Waals surface area contributed by atoms with E-state index in [1.54, 1.807) is 0 Å². The molecule has 0 aromatic carbocycles. The summed E-state index contributed by atoms with van der Waals surface area (Å²) in [7, 11) is 0. The monoisotopic (exact) mass is 530 g/mol. The Balaban J connectivity index is 1.30. The van der Waals surface area contributed by atoms with Crippen LogP contribution in [0.5, 0.6) is 0 Å². The summed E-state index contributed by atoms with van der Waals surface area (Å²) in [5.41, 5.74) is 0. The fraction of sp³-hybridized carbons (Fsp3) is 0.880. The van der Waals surface area contributed by atoms with E-state index in [0.29, 0.717) is 64.4 Å². The van der Waals surface area contributed by atoms with Gasteiger partial charge in [0.25, 0.3) is 0 Å². The van der Waals surface area contributed by atoms with Crippen molar-refractivity contribution in [1.82, 2.24) is 21.3 Å². The normalized spacial score (nSPS) is 21.5. The maximum atomic E-state index is 12.0. The van der Waals surface area contributed by atoms with Gasteiger partial charge in [-0.15, -0.1) is 0 Å². The first-order valence-electron chi connectivity index (χ1n) is 13.5. The number of carbonyl (C=O) groups is 3. The molecule has 208 valence electrons. The third-order valence-corrected chi connectivity index (χ3v) is 7.95. The van der Waals surface area contributed by atoms with Crippen molar-refractivity contribution in [3.63, 3.8) is 0 Å². The van der Waals surface area contributed by atoms with E-state index in [1.807, 2.05) is 18.7 Å². The Kier molecular flexibility index (Phi) is 15.9. The molecule has 2 rings (SSSR count). The minimum absolute atomic E-state index is 0.0477. The number of fused-ring (bicyclic) bond motifs is 1. The van der Waals surface area contributed by atoms with E-state index in [-0.39, 0.29) is 35.8 Å². The number of ether oxygens (including phenoxy) is 3. The van der Waals surface area contributed by atoms with Gasteiger partial charge in [-0.3, -0.25) is 9.59 Å². The van der Waals surface area contributed by atoms with Crippen LogP contribution in [0.25, 0.3) is 0 Å². The molecule has 0 bridgehead atoms. The van der Waals surface area contributed by atoms with Crippen LogP contribution >= 0.6 is 11.8 Å². The van der Waals surface area contributed by atoms with E-state index in [2.05, 4.69) is 28.2 Å². The molecule has 2 aliphatic rings. The van der Waals surface area contributed by atoms with E-state index in [0.717, 1.165) is 44.3 Å². The molecule has 4 amide bonds. The van der Waals surface area contributed by atoms with Gasteiger partial charge in [0.2, 0.25) is 11.8 Å². The zero-order valence-corrected chi connectivity index (χ0v) is 22.8. The number of unbranched alkanes of at least 4 members (excludes halogenated alkanes) is 1. The smallest absolute Gasteiger partial charge is 0.315 e. The van der Waals surface area contributed by atoms with Crippen LogP contribution in [0.3, 0.4) is 0 Å². The minimum atomic E-state index is -0.0567. The molecule has 2 aliphatic heterocycles. The predicted molar refractivity (Wildman–Crippen MR) is 141 cm³/mol. The first-order valence-corrected chi connectivity index (χ1v) is 14.6. The Hall–Kier alpha value is -1.56. The standard InChI is InChI=1S/C25H46N4O6S/c1-3-7-19(4-2)24(31)27-11-13-34-15-17-35-16-14-33-12-10-26-22(30)9-6-5-8-21-23-20(18-36-21)28-25(32)29-23/h19-21,23H,3-18H2,1-2H3,(H,26,30)(H,27,31)(H2,28,29,32). The minimum Gasteiger partial charge on any atom is -0.377 e. The molecule has 36 heavy (non-hydrogen) atoms. The maximum absolute atomic E-state index is 12.0. The topological polar surface area (TPSA) is 127 Å². The Labute approximate surface area is 220 Å². The average molecular weight is 531 g/mol. The number of urea groups is 1. The Morgan fingerprint density at radius 2 is 1.64 bits per heavy atom. The van der Waals surface area contributed by atoms with Gasteiger partial charge in [-0.25, -0.2) is 4.79 Å². The molecule has 10 nitrogen and oxygen atoms in total. The first kappa shape index (κ1) is 30.7. The zero-order valence-electron chi connectivity index (χ0n) is 22.0. The largest absolute Gasteiger partial charge is 0.377 e. The molecule has 2 fully saturated rings. The van der Waals surface area contributed by atoms with E-state index < -0.39 is 0 Å². The number of rotatable bonds is 21. The van der Waals surface area contributed by atoms with Crippen LogP contribution in [0.4, 0.5) is 4.79 Å². The summed E-state index contributed by atoms with van der Waals surface area (Å²) in [6.45, 7) is 7.97. The van der Waals surface area contributed by atoms with Gasteiger partial charge in [-0.05, 0) is 25.7 Å². The molecule has 0 spiro atoms. The second-order valence-electron chi connectivity index (χ2n) is 9.24. The molecule has 4 atom stereocenters. The highest BCUT2D eigenvalue weighted by Gasteiger charge is 2.42.